The number of benzene rings is 1. The molecule has 184 valence electrons. The highest BCUT2D eigenvalue weighted by Crippen LogP contribution is 2.55. The van der Waals surface area contributed by atoms with Gasteiger partial charge in [0.2, 0.25) is 5.78 Å². The number of hydrogen-bond donors (Lipinski definition) is 5. The number of carbonyl (C=O) groups excluding carboxylic acids is 3. The lowest BCUT2D eigenvalue weighted by atomic mass is 9.54. The number of rotatable bonds is 3. The zero-order valence-corrected chi connectivity index (χ0v) is 20.1. The molecule has 0 spiro atoms. The number of aliphatic hydroxyl groups excluding tert-OH is 2. The maximum Gasteiger partial charge on any atom is 0.255 e. The van der Waals surface area contributed by atoms with Gasteiger partial charge < -0.3 is 31.1 Å². The largest absolute Gasteiger partial charge is 0.508 e. The molecular weight excluding hydrogens is 464 g/mol. The summed E-state index contributed by atoms with van der Waals surface area (Å²) >= 11 is 0. The molecular formula is C24H29ClN2O7. The SMILES string of the molecule is CC(C)C1C(=O)C(C(N)=O)=C(O)[C@@]2(O)C(=O)C3=C(O)c4c(O)ccc(N(C)C)c4C[C@H]3C[C@@H]12.Cl. The van der Waals surface area contributed by atoms with Crippen molar-refractivity contribution in [2.75, 3.05) is 19.0 Å². The fraction of sp³-hybridized carbons (Fsp3) is 0.458. The first-order valence-corrected chi connectivity index (χ1v) is 10.8. The third kappa shape index (κ3) is 3.21. The highest BCUT2D eigenvalue weighted by Gasteiger charge is 2.64. The third-order valence-corrected chi connectivity index (χ3v) is 7.31. The Labute approximate surface area is 203 Å². The molecule has 0 aliphatic heterocycles. The van der Waals surface area contributed by atoms with Crippen LogP contribution in [0.4, 0.5) is 5.69 Å². The second-order valence-electron chi connectivity index (χ2n) is 9.67. The normalized spacial score (nSPS) is 28.2. The van der Waals surface area contributed by atoms with E-state index in [4.69, 9.17) is 5.73 Å². The van der Waals surface area contributed by atoms with Crippen LogP contribution in [-0.2, 0) is 20.8 Å². The van der Waals surface area contributed by atoms with Crippen LogP contribution >= 0.6 is 12.4 Å². The van der Waals surface area contributed by atoms with Gasteiger partial charge in [-0.2, -0.15) is 0 Å². The van der Waals surface area contributed by atoms with Crippen molar-refractivity contribution in [3.8, 4) is 5.75 Å². The molecule has 4 atom stereocenters. The number of carbonyl (C=O) groups is 3. The number of halogens is 1. The Balaban J connectivity index is 0.00000324. The summed E-state index contributed by atoms with van der Waals surface area (Å²) in [6.07, 6.45) is 0.384. The van der Waals surface area contributed by atoms with Crippen LogP contribution in [0, 0.1) is 23.7 Å². The summed E-state index contributed by atoms with van der Waals surface area (Å²) in [6, 6.07) is 3.12. The first kappa shape index (κ1) is 25.6. The van der Waals surface area contributed by atoms with Crippen LogP contribution in [0.2, 0.25) is 0 Å². The topological polar surface area (TPSA) is 161 Å². The first-order chi connectivity index (χ1) is 15.3. The number of amides is 1. The van der Waals surface area contributed by atoms with Crippen molar-refractivity contribution >= 4 is 41.3 Å². The molecule has 3 aliphatic carbocycles. The molecule has 1 fully saturated rings. The van der Waals surface area contributed by atoms with Crippen molar-refractivity contribution < 1.29 is 34.8 Å². The lowest BCUT2D eigenvalue weighted by Crippen LogP contribution is -2.62. The van der Waals surface area contributed by atoms with Crippen molar-refractivity contribution in [2.45, 2.75) is 32.3 Å². The van der Waals surface area contributed by atoms with Crippen molar-refractivity contribution in [3.63, 3.8) is 0 Å². The average Bonchev–Trinajstić information content (AvgIpc) is 2.70. The number of primary amides is 1. The van der Waals surface area contributed by atoms with E-state index in [1.165, 1.54) is 6.07 Å². The maximum atomic E-state index is 13.7. The zero-order valence-electron chi connectivity index (χ0n) is 19.3. The number of nitrogens with two attached hydrogens (primary N) is 1. The van der Waals surface area contributed by atoms with Crippen molar-refractivity contribution in [2.24, 2.45) is 29.4 Å². The predicted molar refractivity (Wildman–Crippen MR) is 127 cm³/mol. The summed E-state index contributed by atoms with van der Waals surface area (Å²) < 4.78 is 0. The lowest BCUT2D eigenvalue weighted by Gasteiger charge is -2.50. The summed E-state index contributed by atoms with van der Waals surface area (Å²) in [4.78, 5) is 40.6. The minimum Gasteiger partial charge on any atom is -0.508 e. The standard InChI is InChI=1S/C24H28N2O7.ClH/c1-9(2)15-12-8-10-7-11-13(26(3)4)5-6-14(27)17(11)20(29)16(10)21(30)24(12,33)22(31)18(19(15)28)23(25)32;/h5-6,9-10,12,15,27,29,31,33H,7-8H2,1-4H3,(H2,25,32);1H/t10-,12-,15?,24-;/m0./s1. The van der Waals surface area contributed by atoms with E-state index >= 15 is 0 Å². The summed E-state index contributed by atoms with van der Waals surface area (Å²) in [5.74, 6) is -7.55. The van der Waals surface area contributed by atoms with Crippen LogP contribution in [0.1, 0.15) is 31.4 Å². The van der Waals surface area contributed by atoms with Gasteiger partial charge in [-0.15, -0.1) is 12.4 Å². The van der Waals surface area contributed by atoms with Crippen LogP contribution in [0.5, 0.6) is 5.75 Å². The minimum absolute atomic E-state index is 0. The smallest absolute Gasteiger partial charge is 0.255 e. The van der Waals surface area contributed by atoms with Gasteiger partial charge in [-0.05, 0) is 42.4 Å². The van der Waals surface area contributed by atoms with Crippen LogP contribution in [-0.4, -0.2) is 57.6 Å². The van der Waals surface area contributed by atoms with E-state index in [0.29, 0.717) is 5.56 Å². The summed E-state index contributed by atoms with van der Waals surface area (Å²) in [7, 11) is 3.63. The molecule has 1 unspecified atom stereocenters. The van der Waals surface area contributed by atoms with E-state index in [1.807, 2.05) is 19.0 Å². The Morgan fingerprint density at radius 2 is 1.79 bits per heavy atom. The monoisotopic (exact) mass is 492 g/mol. The van der Waals surface area contributed by atoms with Gasteiger partial charge >= 0.3 is 0 Å². The van der Waals surface area contributed by atoms with Gasteiger partial charge in [0.15, 0.2) is 11.4 Å². The van der Waals surface area contributed by atoms with Crippen LogP contribution in [0.3, 0.4) is 0 Å². The molecule has 3 aliphatic rings. The molecule has 34 heavy (non-hydrogen) atoms. The Bertz CT molecular complexity index is 1170. The van der Waals surface area contributed by atoms with Gasteiger partial charge in [-0.1, -0.05) is 13.8 Å². The molecule has 10 heteroatoms. The van der Waals surface area contributed by atoms with Gasteiger partial charge in [-0.25, -0.2) is 0 Å². The molecule has 1 aromatic carbocycles. The fourth-order valence-electron chi connectivity index (χ4n) is 5.89. The van der Waals surface area contributed by atoms with Gasteiger partial charge in [0.1, 0.15) is 22.8 Å². The number of hydrogen-bond acceptors (Lipinski definition) is 8. The molecule has 1 amide bonds. The number of phenolic OH excluding ortho intramolecular Hbond substituents is 1. The zero-order chi connectivity index (χ0) is 24.6. The van der Waals surface area contributed by atoms with E-state index in [2.05, 4.69) is 0 Å². The third-order valence-electron chi connectivity index (χ3n) is 7.31. The predicted octanol–water partition coefficient (Wildman–Crippen LogP) is 1.79. The molecule has 4 rings (SSSR count). The van der Waals surface area contributed by atoms with Crippen molar-refractivity contribution in [1.82, 2.24) is 0 Å². The minimum atomic E-state index is -2.58. The van der Waals surface area contributed by atoms with Gasteiger partial charge in [0.05, 0.1) is 5.56 Å². The Hall–Kier alpha value is -3.04. The average molecular weight is 493 g/mol. The van der Waals surface area contributed by atoms with E-state index in [9.17, 15) is 34.8 Å². The quantitative estimate of drug-likeness (QED) is 0.399. The van der Waals surface area contributed by atoms with E-state index in [0.717, 1.165) is 5.69 Å². The van der Waals surface area contributed by atoms with E-state index in [-0.39, 0.29) is 48.1 Å². The Morgan fingerprint density at radius 1 is 1.18 bits per heavy atom. The molecule has 1 aromatic rings. The highest BCUT2D eigenvalue weighted by atomic mass is 35.5. The molecule has 0 aromatic heterocycles. The van der Waals surface area contributed by atoms with Crippen LogP contribution in [0.15, 0.2) is 29.0 Å². The second kappa shape index (κ2) is 8.32. The number of ketones is 2. The van der Waals surface area contributed by atoms with Crippen molar-refractivity contribution in [1.29, 1.82) is 0 Å². The Kier molecular flexibility index (Phi) is 6.26. The van der Waals surface area contributed by atoms with Crippen LogP contribution < -0.4 is 10.6 Å². The lowest BCUT2D eigenvalue weighted by molar-refractivity contribution is -0.155. The van der Waals surface area contributed by atoms with Gasteiger partial charge in [0.25, 0.3) is 5.91 Å². The molecule has 0 bridgehead atoms. The number of aromatic hydroxyl groups is 1. The molecule has 0 saturated heterocycles. The fourth-order valence-corrected chi connectivity index (χ4v) is 5.89. The molecule has 0 radical (unpaired) electrons. The maximum absolute atomic E-state index is 13.7. The number of Topliss-reactive ketones (excluding diaryl/α,β-unsaturated/α-hetero) is 2. The van der Waals surface area contributed by atoms with E-state index < -0.39 is 57.9 Å². The summed E-state index contributed by atoms with van der Waals surface area (Å²) in [5.41, 5.74) is 3.30. The molecule has 9 nitrogen and oxygen atoms in total. The summed E-state index contributed by atoms with van der Waals surface area (Å²) in [6.45, 7) is 3.46. The first-order valence-electron chi connectivity index (χ1n) is 10.8. The van der Waals surface area contributed by atoms with Gasteiger partial charge in [0, 0.05) is 37.2 Å². The highest BCUT2D eigenvalue weighted by molar-refractivity contribution is 6.23. The van der Waals surface area contributed by atoms with E-state index in [1.54, 1.807) is 19.9 Å². The Morgan fingerprint density at radius 3 is 2.32 bits per heavy atom. The molecule has 1 saturated carbocycles. The number of nitrogens with zero attached hydrogens (tertiary/aromatic N) is 1. The molecule has 0 heterocycles. The summed E-state index contributed by atoms with van der Waals surface area (Å²) in [5, 5.41) is 44.0. The number of phenols is 1. The van der Waals surface area contributed by atoms with Gasteiger partial charge in [-0.3, -0.25) is 14.4 Å². The number of aliphatic hydroxyl groups is 3. The number of fused-ring (bicyclic) bond motifs is 3. The number of anilines is 1. The van der Waals surface area contributed by atoms with Crippen molar-refractivity contribution in [3.05, 3.63) is 40.2 Å². The molecule has 6 N–H and O–H groups in total. The van der Waals surface area contributed by atoms with Crippen LogP contribution in [0.25, 0.3) is 5.76 Å². The second-order valence-corrected chi connectivity index (χ2v) is 9.67.